The molecule has 3 heteroatoms. The average molecular weight is 254 g/mol. The Balaban J connectivity index is 1.70. The Morgan fingerprint density at radius 2 is 2.11 bits per heavy atom. The van der Waals surface area contributed by atoms with Crippen LogP contribution in [-0.2, 0) is 6.54 Å². The predicted octanol–water partition coefficient (Wildman–Crippen LogP) is 3.43. The molecule has 0 bridgehead atoms. The van der Waals surface area contributed by atoms with Gasteiger partial charge in [0.25, 0.3) is 0 Å². The standard InChI is InChI=1S/C16H18N2O/c1-12-4-2-3-5-16(12)19-15-8-9-17-14(10-15)11-18-13-6-7-13/h2-5,8-10,13,18H,6-7,11H2,1H3. The van der Waals surface area contributed by atoms with Gasteiger partial charge in [-0.2, -0.15) is 0 Å². The minimum absolute atomic E-state index is 0.697. The van der Waals surface area contributed by atoms with Crippen molar-refractivity contribution < 1.29 is 4.74 Å². The summed E-state index contributed by atoms with van der Waals surface area (Å²) in [6, 6.07) is 12.6. The highest BCUT2D eigenvalue weighted by Crippen LogP contribution is 2.25. The number of para-hydroxylation sites is 1. The monoisotopic (exact) mass is 254 g/mol. The minimum atomic E-state index is 0.697. The molecule has 1 aliphatic rings. The molecule has 1 heterocycles. The third-order valence-corrected chi connectivity index (χ3v) is 3.26. The molecule has 1 aromatic heterocycles. The van der Waals surface area contributed by atoms with Gasteiger partial charge in [0.15, 0.2) is 0 Å². The Kier molecular flexibility index (Phi) is 3.47. The summed E-state index contributed by atoms with van der Waals surface area (Å²) in [5.41, 5.74) is 2.16. The Morgan fingerprint density at radius 1 is 1.26 bits per heavy atom. The molecule has 19 heavy (non-hydrogen) atoms. The van der Waals surface area contributed by atoms with Crippen LogP contribution in [0.25, 0.3) is 0 Å². The van der Waals surface area contributed by atoms with Gasteiger partial charge in [0.05, 0.1) is 5.69 Å². The second-order valence-corrected chi connectivity index (χ2v) is 5.01. The number of hydrogen-bond donors (Lipinski definition) is 1. The fourth-order valence-electron chi connectivity index (χ4n) is 1.95. The maximum atomic E-state index is 5.90. The summed E-state index contributed by atoms with van der Waals surface area (Å²) in [6.07, 6.45) is 4.39. The summed E-state index contributed by atoms with van der Waals surface area (Å²) < 4.78 is 5.90. The van der Waals surface area contributed by atoms with Gasteiger partial charge < -0.3 is 10.1 Å². The van der Waals surface area contributed by atoms with Gasteiger partial charge in [0.1, 0.15) is 11.5 Å². The number of ether oxygens (including phenoxy) is 1. The van der Waals surface area contributed by atoms with Crippen molar-refractivity contribution in [1.82, 2.24) is 10.3 Å². The lowest BCUT2D eigenvalue weighted by Crippen LogP contribution is -2.16. The predicted molar refractivity (Wildman–Crippen MR) is 75.4 cm³/mol. The first-order valence-corrected chi connectivity index (χ1v) is 6.73. The number of pyridine rings is 1. The number of aryl methyl sites for hydroxylation is 1. The van der Waals surface area contributed by atoms with E-state index in [1.165, 1.54) is 12.8 Å². The van der Waals surface area contributed by atoms with Crippen LogP contribution in [0.1, 0.15) is 24.1 Å². The molecule has 1 aromatic carbocycles. The zero-order valence-electron chi connectivity index (χ0n) is 11.1. The second kappa shape index (κ2) is 5.41. The lowest BCUT2D eigenvalue weighted by Gasteiger charge is -2.09. The van der Waals surface area contributed by atoms with Gasteiger partial charge >= 0.3 is 0 Å². The first kappa shape index (κ1) is 12.2. The van der Waals surface area contributed by atoms with Gasteiger partial charge in [-0.15, -0.1) is 0 Å². The van der Waals surface area contributed by atoms with Crippen molar-refractivity contribution in [2.45, 2.75) is 32.4 Å². The first-order valence-electron chi connectivity index (χ1n) is 6.73. The van der Waals surface area contributed by atoms with Crippen molar-refractivity contribution in [1.29, 1.82) is 0 Å². The van der Waals surface area contributed by atoms with E-state index in [0.717, 1.165) is 29.3 Å². The molecule has 3 nitrogen and oxygen atoms in total. The van der Waals surface area contributed by atoms with Crippen LogP contribution < -0.4 is 10.1 Å². The van der Waals surface area contributed by atoms with Crippen LogP contribution >= 0.6 is 0 Å². The summed E-state index contributed by atoms with van der Waals surface area (Å²) >= 11 is 0. The van der Waals surface area contributed by atoms with Gasteiger partial charge in [0, 0.05) is 24.8 Å². The van der Waals surface area contributed by atoms with Gasteiger partial charge in [-0.25, -0.2) is 0 Å². The van der Waals surface area contributed by atoms with E-state index in [1.54, 1.807) is 6.20 Å². The molecule has 0 radical (unpaired) electrons. The highest BCUT2D eigenvalue weighted by atomic mass is 16.5. The zero-order valence-corrected chi connectivity index (χ0v) is 11.1. The van der Waals surface area contributed by atoms with Crippen LogP contribution in [-0.4, -0.2) is 11.0 Å². The first-order chi connectivity index (χ1) is 9.31. The van der Waals surface area contributed by atoms with Crippen LogP contribution in [0.2, 0.25) is 0 Å². The molecule has 98 valence electrons. The zero-order chi connectivity index (χ0) is 13.1. The van der Waals surface area contributed by atoms with E-state index in [1.807, 2.05) is 43.3 Å². The fraction of sp³-hybridized carbons (Fsp3) is 0.312. The Hall–Kier alpha value is -1.87. The van der Waals surface area contributed by atoms with E-state index in [-0.39, 0.29) is 0 Å². The van der Waals surface area contributed by atoms with E-state index in [4.69, 9.17) is 4.74 Å². The third kappa shape index (κ3) is 3.32. The van der Waals surface area contributed by atoms with Crippen LogP contribution in [0.15, 0.2) is 42.6 Å². The van der Waals surface area contributed by atoms with E-state index in [9.17, 15) is 0 Å². The van der Waals surface area contributed by atoms with E-state index in [2.05, 4.69) is 10.3 Å². The Bertz CT molecular complexity index is 564. The molecule has 1 fully saturated rings. The number of nitrogens with one attached hydrogen (secondary N) is 1. The average Bonchev–Trinajstić information content (AvgIpc) is 3.24. The third-order valence-electron chi connectivity index (χ3n) is 3.26. The molecule has 3 rings (SSSR count). The second-order valence-electron chi connectivity index (χ2n) is 5.01. The molecule has 0 atom stereocenters. The lowest BCUT2D eigenvalue weighted by molar-refractivity contribution is 0.476. The van der Waals surface area contributed by atoms with E-state index < -0.39 is 0 Å². The maximum Gasteiger partial charge on any atom is 0.130 e. The van der Waals surface area contributed by atoms with E-state index in [0.29, 0.717) is 6.04 Å². The molecule has 1 aliphatic carbocycles. The molecule has 0 saturated heterocycles. The maximum absolute atomic E-state index is 5.90. The lowest BCUT2D eigenvalue weighted by atomic mass is 10.2. The fourth-order valence-corrected chi connectivity index (χ4v) is 1.95. The van der Waals surface area contributed by atoms with Crippen molar-refractivity contribution in [2.24, 2.45) is 0 Å². The summed E-state index contributed by atoms with van der Waals surface area (Å²) in [4.78, 5) is 4.36. The number of rotatable bonds is 5. The quantitative estimate of drug-likeness (QED) is 0.887. The highest BCUT2D eigenvalue weighted by Gasteiger charge is 2.20. The molecule has 1 saturated carbocycles. The summed E-state index contributed by atoms with van der Waals surface area (Å²) in [5, 5.41) is 3.46. The number of hydrogen-bond acceptors (Lipinski definition) is 3. The summed E-state index contributed by atoms with van der Waals surface area (Å²) in [7, 11) is 0. The van der Waals surface area contributed by atoms with Gasteiger partial charge in [-0.05, 0) is 37.5 Å². The normalized spacial score (nSPS) is 14.4. The number of nitrogens with zero attached hydrogens (tertiary/aromatic N) is 1. The summed E-state index contributed by atoms with van der Waals surface area (Å²) in [5.74, 6) is 1.74. The molecule has 0 spiro atoms. The minimum Gasteiger partial charge on any atom is -0.457 e. The topological polar surface area (TPSA) is 34.1 Å². The SMILES string of the molecule is Cc1ccccc1Oc1ccnc(CNC2CC2)c1. The van der Waals surface area contributed by atoms with Gasteiger partial charge in [0.2, 0.25) is 0 Å². The highest BCUT2D eigenvalue weighted by molar-refractivity contribution is 5.36. The molecule has 2 aromatic rings. The van der Waals surface area contributed by atoms with E-state index >= 15 is 0 Å². The smallest absolute Gasteiger partial charge is 0.130 e. The molecular weight excluding hydrogens is 236 g/mol. The largest absolute Gasteiger partial charge is 0.457 e. The van der Waals surface area contributed by atoms with Crippen molar-refractivity contribution in [2.75, 3.05) is 0 Å². The van der Waals surface area contributed by atoms with Crippen molar-refractivity contribution in [3.63, 3.8) is 0 Å². The van der Waals surface area contributed by atoms with Crippen LogP contribution in [0.5, 0.6) is 11.5 Å². The van der Waals surface area contributed by atoms with Gasteiger partial charge in [-0.1, -0.05) is 18.2 Å². The van der Waals surface area contributed by atoms with Gasteiger partial charge in [-0.3, -0.25) is 4.98 Å². The Morgan fingerprint density at radius 3 is 2.89 bits per heavy atom. The molecule has 0 aliphatic heterocycles. The Labute approximate surface area is 113 Å². The molecule has 1 N–H and O–H groups in total. The van der Waals surface area contributed by atoms with Crippen LogP contribution in [0.4, 0.5) is 0 Å². The van der Waals surface area contributed by atoms with Crippen molar-refractivity contribution in [3.05, 3.63) is 53.9 Å². The van der Waals surface area contributed by atoms with Crippen molar-refractivity contribution in [3.8, 4) is 11.5 Å². The molecular formula is C16H18N2O. The van der Waals surface area contributed by atoms with Crippen LogP contribution in [0, 0.1) is 6.92 Å². The molecule has 0 unspecified atom stereocenters. The molecule has 0 amide bonds. The summed E-state index contributed by atoms with van der Waals surface area (Å²) in [6.45, 7) is 2.86. The number of benzene rings is 1. The van der Waals surface area contributed by atoms with Crippen LogP contribution in [0.3, 0.4) is 0 Å². The van der Waals surface area contributed by atoms with Crippen molar-refractivity contribution >= 4 is 0 Å². The number of aromatic nitrogens is 1.